The van der Waals surface area contributed by atoms with Gasteiger partial charge in [-0.1, -0.05) is 6.07 Å². The molecule has 1 aliphatic heterocycles. The van der Waals surface area contributed by atoms with Crippen molar-refractivity contribution in [3.05, 3.63) is 35.4 Å². The highest BCUT2D eigenvalue weighted by molar-refractivity contribution is 7.89. The van der Waals surface area contributed by atoms with Crippen molar-refractivity contribution in [1.29, 1.82) is 0 Å². The monoisotopic (exact) mass is 307 g/mol. The van der Waals surface area contributed by atoms with E-state index in [1.807, 2.05) is 4.57 Å². The molecule has 1 aromatic heterocycles. The zero-order valence-electron chi connectivity index (χ0n) is 11.9. The van der Waals surface area contributed by atoms with Crippen LogP contribution in [0.3, 0.4) is 0 Å². The maximum Gasteiger partial charge on any atom is 0.244 e. The molecule has 112 valence electrons. The number of fused-ring (bicyclic) bond motifs is 1. The van der Waals surface area contributed by atoms with Crippen molar-refractivity contribution in [2.75, 3.05) is 12.3 Å². The number of anilines is 1. The van der Waals surface area contributed by atoms with E-state index in [2.05, 4.69) is 10.2 Å². The lowest BCUT2D eigenvalue weighted by Gasteiger charge is -2.27. The second-order valence-electron chi connectivity index (χ2n) is 5.20. The van der Waals surface area contributed by atoms with Crippen LogP contribution in [0.2, 0.25) is 0 Å². The number of aryl methyl sites for hydroxylation is 1. The Morgan fingerprint density at radius 1 is 1.24 bits per heavy atom. The smallest absolute Gasteiger partial charge is 0.244 e. The lowest BCUT2D eigenvalue weighted by atomic mass is 10.1. The van der Waals surface area contributed by atoms with E-state index >= 15 is 0 Å². The van der Waals surface area contributed by atoms with Gasteiger partial charge in [-0.3, -0.25) is 0 Å². The highest BCUT2D eigenvalue weighted by atomic mass is 32.2. The Morgan fingerprint density at radius 2 is 2.00 bits per heavy atom. The van der Waals surface area contributed by atoms with Crippen LogP contribution in [0, 0.1) is 13.8 Å². The number of nitrogens with zero attached hydrogens (tertiary/aromatic N) is 4. The molecule has 7 nitrogen and oxygen atoms in total. The molecule has 1 aromatic carbocycles. The number of hydrogen-bond donors (Lipinski definition) is 1. The van der Waals surface area contributed by atoms with Crippen molar-refractivity contribution in [2.45, 2.75) is 31.8 Å². The molecular formula is C13H17N5O2S. The third-order valence-electron chi connectivity index (χ3n) is 3.85. The normalized spacial score (nSPS) is 15.9. The Balaban J connectivity index is 2.05. The van der Waals surface area contributed by atoms with Crippen molar-refractivity contribution in [3.63, 3.8) is 0 Å². The summed E-state index contributed by atoms with van der Waals surface area (Å²) in [4.78, 5) is 0.301. The molecule has 1 aliphatic rings. The van der Waals surface area contributed by atoms with Crippen LogP contribution in [0.15, 0.2) is 23.4 Å². The van der Waals surface area contributed by atoms with Gasteiger partial charge in [0, 0.05) is 18.8 Å². The predicted octanol–water partition coefficient (Wildman–Crippen LogP) is 0.682. The molecule has 0 unspecified atom stereocenters. The zero-order valence-corrected chi connectivity index (χ0v) is 12.8. The molecule has 2 N–H and O–H groups in total. The van der Waals surface area contributed by atoms with E-state index in [0.717, 1.165) is 0 Å². The molecule has 8 heteroatoms. The van der Waals surface area contributed by atoms with E-state index in [0.29, 0.717) is 40.6 Å². The molecule has 21 heavy (non-hydrogen) atoms. The summed E-state index contributed by atoms with van der Waals surface area (Å²) in [5, 5.41) is 7.77. The summed E-state index contributed by atoms with van der Waals surface area (Å²) in [5.41, 5.74) is 7.65. The number of sulfonamides is 1. The maximum absolute atomic E-state index is 12.9. The van der Waals surface area contributed by atoms with E-state index < -0.39 is 10.0 Å². The predicted molar refractivity (Wildman–Crippen MR) is 77.9 cm³/mol. The molecule has 2 aromatic rings. The molecular weight excluding hydrogens is 290 g/mol. The second-order valence-corrected chi connectivity index (χ2v) is 7.08. The van der Waals surface area contributed by atoms with Crippen LogP contribution in [-0.2, 0) is 23.1 Å². The second kappa shape index (κ2) is 4.81. The van der Waals surface area contributed by atoms with Gasteiger partial charge in [-0.2, -0.15) is 4.31 Å². The number of aromatic nitrogens is 3. The maximum atomic E-state index is 12.9. The van der Waals surface area contributed by atoms with Crippen LogP contribution in [-0.4, -0.2) is 34.0 Å². The van der Waals surface area contributed by atoms with E-state index in [4.69, 9.17) is 5.73 Å². The van der Waals surface area contributed by atoms with Crippen LogP contribution in [0.25, 0.3) is 0 Å². The van der Waals surface area contributed by atoms with Crippen molar-refractivity contribution in [3.8, 4) is 0 Å². The van der Waals surface area contributed by atoms with Gasteiger partial charge in [-0.25, -0.2) is 8.42 Å². The first-order valence-electron chi connectivity index (χ1n) is 6.64. The molecule has 0 amide bonds. The Kier molecular flexibility index (Phi) is 3.22. The minimum Gasteiger partial charge on any atom is -0.398 e. The summed E-state index contributed by atoms with van der Waals surface area (Å²) in [6.07, 6.45) is 1.62. The van der Waals surface area contributed by atoms with Crippen molar-refractivity contribution in [1.82, 2.24) is 19.1 Å². The summed E-state index contributed by atoms with van der Waals surface area (Å²) >= 11 is 0. The van der Waals surface area contributed by atoms with Gasteiger partial charge in [-0.05, 0) is 31.0 Å². The van der Waals surface area contributed by atoms with Crippen LogP contribution in [0.1, 0.15) is 17.0 Å². The number of nitrogen functional groups attached to an aromatic ring is 1. The van der Waals surface area contributed by atoms with Gasteiger partial charge >= 0.3 is 0 Å². The van der Waals surface area contributed by atoms with Crippen molar-refractivity contribution >= 4 is 15.7 Å². The van der Waals surface area contributed by atoms with E-state index in [9.17, 15) is 8.42 Å². The molecule has 0 atom stereocenters. The minimum atomic E-state index is -3.59. The van der Waals surface area contributed by atoms with Crippen LogP contribution < -0.4 is 5.73 Å². The minimum absolute atomic E-state index is 0.232. The van der Waals surface area contributed by atoms with Gasteiger partial charge in [0.25, 0.3) is 0 Å². The summed E-state index contributed by atoms with van der Waals surface area (Å²) in [5.74, 6) is 0.657. The van der Waals surface area contributed by atoms with Gasteiger partial charge in [0.15, 0.2) is 0 Å². The molecule has 0 radical (unpaired) electrons. The quantitative estimate of drug-likeness (QED) is 0.823. The van der Waals surface area contributed by atoms with Crippen molar-refractivity contribution < 1.29 is 8.42 Å². The van der Waals surface area contributed by atoms with Gasteiger partial charge in [0.2, 0.25) is 10.0 Å². The fourth-order valence-electron chi connectivity index (χ4n) is 2.62. The molecule has 0 saturated carbocycles. The lowest BCUT2D eigenvalue weighted by molar-refractivity contribution is 0.335. The largest absolute Gasteiger partial charge is 0.398 e. The molecule has 0 bridgehead atoms. The Bertz CT molecular complexity index is 797. The fourth-order valence-corrected chi connectivity index (χ4v) is 4.46. The zero-order chi connectivity index (χ0) is 15.2. The van der Waals surface area contributed by atoms with Gasteiger partial charge in [0.05, 0.1) is 11.4 Å². The van der Waals surface area contributed by atoms with E-state index in [1.54, 1.807) is 32.3 Å². The highest BCUT2D eigenvalue weighted by Crippen LogP contribution is 2.29. The Labute approximate surface area is 123 Å². The standard InChI is InChI=1S/C13H17N5O2S/c1-9-3-4-11(14)10(2)13(9)21(19,20)18-6-5-17-8-15-16-12(17)7-18/h3-4,8H,5-7,14H2,1-2H3. The van der Waals surface area contributed by atoms with Gasteiger partial charge < -0.3 is 10.3 Å². The Hall–Kier alpha value is -1.93. The molecule has 0 saturated heterocycles. The first-order valence-corrected chi connectivity index (χ1v) is 8.08. The topological polar surface area (TPSA) is 94.1 Å². The number of rotatable bonds is 2. The molecule has 0 spiro atoms. The molecule has 0 aliphatic carbocycles. The van der Waals surface area contributed by atoms with Crippen LogP contribution in [0.5, 0.6) is 0 Å². The fraction of sp³-hybridized carbons (Fsp3) is 0.385. The summed E-state index contributed by atoms with van der Waals surface area (Å²) in [6.45, 7) is 4.71. The van der Waals surface area contributed by atoms with E-state index in [1.165, 1.54) is 4.31 Å². The van der Waals surface area contributed by atoms with E-state index in [-0.39, 0.29) is 6.54 Å². The number of nitrogens with two attached hydrogens (primary N) is 1. The van der Waals surface area contributed by atoms with Gasteiger partial charge in [-0.15, -0.1) is 10.2 Å². The third-order valence-corrected chi connectivity index (χ3v) is 5.98. The summed E-state index contributed by atoms with van der Waals surface area (Å²) in [7, 11) is -3.59. The molecule has 2 heterocycles. The first kappa shape index (κ1) is 14.0. The van der Waals surface area contributed by atoms with Crippen LogP contribution in [0.4, 0.5) is 5.69 Å². The van der Waals surface area contributed by atoms with Crippen molar-refractivity contribution in [2.24, 2.45) is 0 Å². The summed E-state index contributed by atoms with van der Waals surface area (Å²) in [6, 6.07) is 3.47. The SMILES string of the molecule is Cc1ccc(N)c(C)c1S(=O)(=O)N1CCn2cnnc2C1. The first-order chi connectivity index (χ1) is 9.91. The number of hydrogen-bond acceptors (Lipinski definition) is 5. The lowest BCUT2D eigenvalue weighted by Crippen LogP contribution is -2.38. The molecule has 3 rings (SSSR count). The molecule has 0 fully saturated rings. The average Bonchev–Trinajstić information content (AvgIpc) is 2.90. The average molecular weight is 307 g/mol. The summed E-state index contributed by atoms with van der Waals surface area (Å²) < 4.78 is 29.2. The van der Waals surface area contributed by atoms with Gasteiger partial charge in [0.1, 0.15) is 12.2 Å². The highest BCUT2D eigenvalue weighted by Gasteiger charge is 2.31. The third kappa shape index (κ3) is 2.20. The number of benzene rings is 1. The van der Waals surface area contributed by atoms with Crippen LogP contribution >= 0.6 is 0 Å². The Morgan fingerprint density at radius 3 is 2.76 bits per heavy atom.